The first-order valence-corrected chi connectivity index (χ1v) is 6.48. The molecule has 1 rings (SSSR count). The average Bonchev–Trinajstić information content (AvgIpc) is 2.44. The van der Waals surface area contributed by atoms with Crippen LogP contribution in [0.5, 0.6) is 0 Å². The average molecular weight is 266 g/mol. The number of carbonyl (C=O) groups excluding carboxylic acids is 1. The third-order valence-electron chi connectivity index (χ3n) is 2.45. The van der Waals surface area contributed by atoms with E-state index in [-0.39, 0.29) is 6.03 Å². The largest absolute Gasteiger partial charge is 0.383 e. The van der Waals surface area contributed by atoms with E-state index >= 15 is 0 Å². The molecule has 1 aromatic rings. The number of aromatic nitrogens is 1. The molecule has 0 bridgehead atoms. The van der Waals surface area contributed by atoms with Crippen LogP contribution in [0.1, 0.15) is 12.8 Å². The van der Waals surface area contributed by atoms with Crippen LogP contribution in [0.25, 0.3) is 0 Å². The second-order valence-electron chi connectivity index (χ2n) is 4.02. The summed E-state index contributed by atoms with van der Waals surface area (Å²) in [5.41, 5.74) is 0. The van der Waals surface area contributed by atoms with Gasteiger partial charge in [0, 0.05) is 32.9 Å². The molecule has 0 saturated carbocycles. The highest BCUT2D eigenvalue weighted by Gasteiger charge is 1.97. The fourth-order valence-electron chi connectivity index (χ4n) is 1.46. The molecular weight excluding hydrogens is 244 g/mol. The Hall–Kier alpha value is -1.82. The van der Waals surface area contributed by atoms with Crippen LogP contribution in [-0.4, -0.2) is 44.4 Å². The molecule has 3 N–H and O–H groups in total. The fraction of sp³-hybridized carbons (Fsp3) is 0.538. The van der Waals surface area contributed by atoms with E-state index in [4.69, 9.17) is 4.74 Å². The molecule has 0 aliphatic carbocycles. The van der Waals surface area contributed by atoms with Crippen molar-refractivity contribution in [2.45, 2.75) is 12.8 Å². The van der Waals surface area contributed by atoms with Crippen molar-refractivity contribution >= 4 is 11.8 Å². The van der Waals surface area contributed by atoms with E-state index < -0.39 is 0 Å². The smallest absolute Gasteiger partial charge is 0.314 e. The maximum Gasteiger partial charge on any atom is 0.314 e. The van der Waals surface area contributed by atoms with Gasteiger partial charge in [0.2, 0.25) is 0 Å². The Morgan fingerprint density at radius 3 is 2.74 bits per heavy atom. The zero-order valence-electron chi connectivity index (χ0n) is 11.3. The van der Waals surface area contributed by atoms with Crippen LogP contribution >= 0.6 is 0 Å². The van der Waals surface area contributed by atoms with Gasteiger partial charge in [-0.2, -0.15) is 0 Å². The minimum atomic E-state index is -0.144. The summed E-state index contributed by atoms with van der Waals surface area (Å²) in [5.74, 6) is 0.882. The number of nitrogens with zero attached hydrogens (tertiary/aromatic N) is 1. The standard InChI is InChI=1S/C13H22N4O2/c1-19-11-10-17-13(18)16-9-5-4-8-15-12-6-2-3-7-14-12/h2-3,6-7H,4-5,8-11H2,1H3,(H,14,15)(H2,16,17,18). The number of amides is 2. The van der Waals surface area contributed by atoms with Gasteiger partial charge in [-0.25, -0.2) is 9.78 Å². The van der Waals surface area contributed by atoms with Crippen molar-refractivity contribution in [1.29, 1.82) is 0 Å². The summed E-state index contributed by atoms with van der Waals surface area (Å²) in [4.78, 5) is 15.4. The molecule has 0 atom stereocenters. The second kappa shape index (κ2) is 10.1. The fourth-order valence-corrected chi connectivity index (χ4v) is 1.46. The molecule has 0 aliphatic heterocycles. The van der Waals surface area contributed by atoms with Gasteiger partial charge in [-0.15, -0.1) is 0 Å². The van der Waals surface area contributed by atoms with E-state index in [2.05, 4.69) is 20.9 Å². The number of carbonyl (C=O) groups is 1. The Kier molecular flexibility index (Phi) is 8.13. The summed E-state index contributed by atoms with van der Waals surface area (Å²) in [6.07, 6.45) is 3.67. The highest BCUT2D eigenvalue weighted by atomic mass is 16.5. The number of anilines is 1. The lowest BCUT2D eigenvalue weighted by atomic mass is 10.3. The quantitative estimate of drug-likeness (QED) is 0.587. The van der Waals surface area contributed by atoms with Crippen LogP contribution in [-0.2, 0) is 4.74 Å². The molecule has 6 heteroatoms. The van der Waals surface area contributed by atoms with Crippen LogP contribution in [0.3, 0.4) is 0 Å². The van der Waals surface area contributed by atoms with Crippen molar-refractivity contribution in [1.82, 2.24) is 15.6 Å². The summed E-state index contributed by atoms with van der Waals surface area (Å²) in [6.45, 7) is 2.58. The van der Waals surface area contributed by atoms with E-state index in [9.17, 15) is 4.79 Å². The Bertz CT molecular complexity index is 346. The first-order chi connectivity index (χ1) is 9.33. The van der Waals surface area contributed by atoms with Crippen molar-refractivity contribution in [3.63, 3.8) is 0 Å². The highest BCUT2D eigenvalue weighted by molar-refractivity contribution is 5.73. The van der Waals surface area contributed by atoms with Gasteiger partial charge in [0.05, 0.1) is 6.61 Å². The van der Waals surface area contributed by atoms with Crippen molar-refractivity contribution in [3.8, 4) is 0 Å². The Morgan fingerprint density at radius 2 is 2.00 bits per heavy atom. The van der Waals surface area contributed by atoms with Gasteiger partial charge in [0.25, 0.3) is 0 Å². The first-order valence-electron chi connectivity index (χ1n) is 6.48. The van der Waals surface area contributed by atoms with Crippen LogP contribution in [0.2, 0.25) is 0 Å². The minimum Gasteiger partial charge on any atom is -0.383 e. The van der Waals surface area contributed by atoms with Crippen LogP contribution in [0.15, 0.2) is 24.4 Å². The molecule has 19 heavy (non-hydrogen) atoms. The molecule has 0 fully saturated rings. The monoisotopic (exact) mass is 266 g/mol. The number of urea groups is 1. The summed E-state index contributed by atoms with van der Waals surface area (Å²) in [5, 5.41) is 8.71. The van der Waals surface area contributed by atoms with E-state index in [1.54, 1.807) is 13.3 Å². The lowest BCUT2D eigenvalue weighted by Gasteiger charge is -2.07. The molecule has 1 heterocycles. The summed E-state index contributed by atoms with van der Waals surface area (Å²) in [7, 11) is 1.61. The third-order valence-corrected chi connectivity index (χ3v) is 2.45. The van der Waals surface area contributed by atoms with Crippen LogP contribution in [0, 0.1) is 0 Å². The van der Waals surface area contributed by atoms with Gasteiger partial charge in [0.15, 0.2) is 0 Å². The number of nitrogens with one attached hydrogen (secondary N) is 3. The van der Waals surface area contributed by atoms with Gasteiger partial charge in [-0.05, 0) is 25.0 Å². The lowest BCUT2D eigenvalue weighted by Crippen LogP contribution is -2.37. The number of pyridine rings is 1. The van der Waals surface area contributed by atoms with Crippen molar-refractivity contribution in [2.24, 2.45) is 0 Å². The molecule has 0 spiro atoms. The van der Waals surface area contributed by atoms with Gasteiger partial charge in [0.1, 0.15) is 5.82 Å². The maximum atomic E-state index is 11.3. The molecule has 2 amide bonds. The van der Waals surface area contributed by atoms with Crippen molar-refractivity contribution in [3.05, 3.63) is 24.4 Å². The number of rotatable bonds is 9. The topological polar surface area (TPSA) is 75.3 Å². The van der Waals surface area contributed by atoms with E-state index in [0.29, 0.717) is 19.7 Å². The molecule has 106 valence electrons. The van der Waals surface area contributed by atoms with Crippen molar-refractivity contribution in [2.75, 3.05) is 38.7 Å². The zero-order valence-corrected chi connectivity index (χ0v) is 11.3. The normalized spacial score (nSPS) is 9.95. The Labute approximate surface area is 113 Å². The molecule has 0 unspecified atom stereocenters. The zero-order chi connectivity index (χ0) is 13.8. The van der Waals surface area contributed by atoms with E-state index in [1.807, 2.05) is 18.2 Å². The first kappa shape index (κ1) is 15.2. The van der Waals surface area contributed by atoms with Gasteiger partial charge in [-0.3, -0.25) is 0 Å². The maximum absolute atomic E-state index is 11.3. The lowest BCUT2D eigenvalue weighted by molar-refractivity contribution is 0.196. The number of hydrogen-bond acceptors (Lipinski definition) is 4. The molecule has 0 aromatic carbocycles. The number of hydrogen-bond donors (Lipinski definition) is 3. The molecule has 0 radical (unpaired) electrons. The molecule has 0 saturated heterocycles. The highest BCUT2D eigenvalue weighted by Crippen LogP contribution is 1.99. The predicted octanol–water partition coefficient (Wildman–Crippen LogP) is 1.22. The van der Waals surface area contributed by atoms with Gasteiger partial charge >= 0.3 is 6.03 Å². The molecule has 1 aromatic heterocycles. The Balaban J connectivity index is 1.92. The predicted molar refractivity (Wildman–Crippen MR) is 75.2 cm³/mol. The molecule has 6 nitrogen and oxygen atoms in total. The summed E-state index contributed by atoms with van der Waals surface area (Å²) < 4.78 is 4.84. The summed E-state index contributed by atoms with van der Waals surface area (Å²) >= 11 is 0. The minimum absolute atomic E-state index is 0.144. The number of methoxy groups -OCH3 is 1. The van der Waals surface area contributed by atoms with Crippen LogP contribution < -0.4 is 16.0 Å². The SMILES string of the molecule is COCCNC(=O)NCCCCNc1ccccn1. The molecule has 0 aliphatic rings. The van der Waals surface area contributed by atoms with Gasteiger partial charge in [-0.1, -0.05) is 6.07 Å². The Morgan fingerprint density at radius 1 is 1.21 bits per heavy atom. The molecular formula is C13H22N4O2. The van der Waals surface area contributed by atoms with Crippen LogP contribution in [0.4, 0.5) is 10.6 Å². The van der Waals surface area contributed by atoms with Gasteiger partial charge < -0.3 is 20.7 Å². The van der Waals surface area contributed by atoms with E-state index in [0.717, 1.165) is 25.2 Å². The second-order valence-corrected chi connectivity index (χ2v) is 4.02. The number of unbranched alkanes of at least 4 members (excludes halogenated alkanes) is 1. The van der Waals surface area contributed by atoms with E-state index in [1.165, 1.54) is 0 Å². The van der Waals surface area contributed by atoms with Crippen molar-refractivity contribution < 1.29 is 9.53 Å². The number of ether oxygens (including phenoxy) is 1. The third kappa shape index (κ3) is 7.99. The summed E-state index contributed by atoms with van der Waals surface area (Å²) in [6, 6.07) is 5.62.